The van der Waals surface area contributed by atoms with Crippen LogP contribution in [-0.4, -0.2) is 29.3 Å². The van der Waals surface area contributed by atoms with Crippen LogP contribution in [0.25, 0.3) is 0 Å². The van der Waals surface area contributed by atoms with Crippen LogP contribution in [0.15, 0.2) is 24.3 Å². The Balaban J connectivity index is 2.17. The minimum atomic E-state index is -0.852. The fourth-order valence-electron chi connectivity index (χ4n) is 2.73. The van der Waals surface area contributed by atoms with Crippen molar-refractivity contribution in [3.63, 3.8) is 0 Å². The third-order valence-corrected chi connectivity index (χ3v) is 3.90. The molecule has 23 heavy (non-hydrogen) atoms. The quantitative estimate of drug-likeness (QED) is 0.845. The molecule has 1 aromatic rings. The van der Waals surface area contributed by atoms with Gasteiger partial charge in [0.15, 0.2) is 0 Å². The molecule has 0 spiro atoms. The van der Waals surface area contributed by atoms with E-state index in [2.05, 4.69) is 0 Å². The maximum Gasteiger partial charge on any atom is 0.313 e. The molecule has 0 bridgehead atoms. The van der Waals surface area contributed by atoms with E-state index in [0.29, 0.717) is 12.8 Å². The number of esters is 2. The maximum atomic E-state index is 12.4. The third-order valence-electron chi connectivity index (χ3n) is 3.90. The molecule has 1 unspecified atom stereocenters. The summed E-state index contributed by atoms with van der Waals surface area (Å²) < 4.78 is 10.6. The first-order valence-corrected chi connectivity index (χ1v) is 7.86. The summed E-state index contributed by atoms with van der Waals surface area (Å²) in [6, 6.07) is 6.64. The second-order valence-corrected chi connectivity index (χ2v) is 7.01. The smallest absolute Gasteiger partial charge is 0.313 e. The highest BCUT2D eigenvalue weighted by atomic mass is 16.6. The van der Waals surface area contributed by atoms with Crippen LogP contribution in [0.2, 0.25) is 0 Å². The van der Waals surface area contributed by atoms with Crippen molar-refractivity contribution in [1.29, 1.82) is 0 Å². The Hall–Kier alpha value is -2.04. The molecule has 0 aliphatic heterocycles. The zero-order valence-corrected chi connectivity index (χ0v) is 14.1. The molecule has 5 heteroatoms. The van der Waals surface area contributed by atoms with Crippen LogP contribution in [-0.2, 0) is 25.5 Å². The van der Waals surface area contributed by atoms with Crippen LogP contribution in [0.1, 0.15) is 39.7 Å². The zero-order valence-electron chi connectivity index (χ0n) is 14.1. The van der Waals surface area contributed by atoms with Gasteiger partial charge in [0.25, 0.3) is 0 Å². The summed E-state index contributed by atoms with van der Waals surface area (Å²) in [4.78, 5) is 24.7. The lowest BCUT2D eigenvalue weighted by atomic mass is 9.93. The van der Waals surface area contributed by atoms with Crippen molar-refractivity contribution in [2.24, 2.45) is 11.3 Å². The lowest BCUT2D eigenvalue weighted by Gasteiger charge is -2.21. The molecule has 1 fully saturated rings. The molecule has 0 saturated heterocycles. The van der Waals surface area contributed by atoms with Crippen LogP contribution in [0.4, 0.5) is 0 Å². The Morgan fingerprint density at radius 1 is 1.26 bits per heavy atom. The summed E-state index contributed by atoms with van der Waals surface area (Å²) >= 11 is 0. The Morgan fingerprint density at radius 2 is 1.87 bits per heavy atom. The molecule has 0 radical (unpaired) electrons. The summed E-state index contributed by atoms with van der Waals surface area (Å²) in [6.07, 6.45) is 0.831. The van der Waals surface area contributed by atoms with Crippen molar-refractivity contribution in [2.75, 3.05) is 6.61 Å². The predicted octanol–water partition coefficient (Wildman–Crippen LogP) is 2.85. The topological polar surface area (TPSA) is 72.8 Å². The van der Waals surface area contributed by atoms with Gasteiger partial charge in [0.05, 0.1) is 17.9 Å². The molecule has 2 rings (SSSR count). The Bertz CT molecular complexity index is 584. The van der Waals surface area contributed by atoms with E-state index >= 15 is 0 Å². The molecule has 1 aromatic carbocycles. The van der Waals surface area contributed by atoms with Gasteiger partial charge in [-0.2, -0.15) is 0 Å². The van der Waals surface area contributed by atoms with Gasteiger partial charge in [-0.15, -0.1) is 0 Å². The molecule has 1 saturated carbocycles. The van der Waals surface area contributed by atoms with Gasteiger partial charge < -0.3 is 14.6 Å². The Morgan fingerprint density at radius 3 is 2.39 bits per heavy atom. The van der Waals surface area contributed by atoms with Crippen molar-refractivity contribution in [3.05, 3.63) is 29.8 Å². The molecular formula is C18H24O5. The predicted molar refractivity (Wildman–Crippen MR) is 84.8 cm³/mol. The van der Waals surface area contributed by atoms with Gasteiger partial charge in [-0.1, -0.05) is 12.1 Å². The summed E-state index contributed by atoms with van der Waals surface area (Å²) in [6.45, 7) is 7.44. The summed E-state index contributed by atoms with van der Waals surface area (Å²) in [7, 11) is 0. The Labute approximate surface area is 136 Å². The van der Waals surface area contributed by atoms with Gasteiger partial charge in [-0.05, 0) is 58.2 Å². The van der Waals surface area contributed by atoms with Crippen LogP contribution >= 0.6 is 0 Å². The highest BCUT2D eigenvalue weighted by Crippen LogP contribution is 2.56. The van der Waals surface area contributed by atoms with E-state index in [1.54, 1.807) is 52.0 Å². The average Bonchev–Trinajstić information content (AvgIpc) is 3.16. The number of carbonyl (C=O) groups excluding carboxylic acids is 2. The number of hydrogen-bond acceptors (Lipinski definition) is 5. The van der Waals surface area contributed by atoms with Gasteiger partial charge in [0, 0.05) is 0 Å². The molecule has 1 aliphatic carbocycles. The number of phenols is 1. The number of hydrogen-bond donors (Lipinski definition) is 1. The van der Waals surface area contributed by atoms with Gasteiger partial charge in [0.2, 0.25) is 0 Å². The van der Waals surface area contributed by atoms with Crippen molar-refractivity contribution in [1.82, 2.24) is 0 Å². The second kappa shape index (κ2) is 6.22. The molecule has 126 valence electrons. The molecular weight excluding hydrogens is 296 g/mol. The van der Waals surface area contributed by atoms with E-state index in [1.807, 2.05) is 0 Å². The first-order valence-electron chi connectivity index (χ1n) is 7.86. The molecule has 0 aromatic heterocycles. The molecule has 1 aliphatic rings. The highest BCUT2D eigenvalue weighted by Gasteiger charge is 2.65. The largest absolute Gasteiger partial charge is 0.508 e. The number of aromatic hydroxyl groups is 1. The Kier molecular flexibility index (Phi) is 4.68. The minimum Gasteiger partial charge on any atom is -0.508 e. The van der Waals surface area contributed by atoms with E-state index in [4.69, 9.17) is 9.47 Å². The number of ether oxygens (including phenoxy) is 2. The van der Waals surface area contributed by atoms with Crippen molar-refractivity contribution >= 4 is 11.9 Å². The lowest BCUT2D eigenvalue weighted by molar-refractivity contribution is -0.162. The van der Waals surface area contributed by atoms with E-state index in [9.17, 15) is 14.7 Å². The summed E-state index contributed by atoms with van der Waals surface area (Å²) in [5.74, 6) is -1.03. The molecule has 2 atom stereocenters. The third kappa shape index (κ3) is 4.03. The van der Waals surface area contributed by atoms with E-state index in [0.717, 1.165) is 5.56 Å². The highest BCUT2D eigenvalue weighted by molar-refractivity contribution is 5.91. The molecule has 1 N–H and O–H groups in total. The summed E-state index contributed by atoms with van der Waals surface area (Å²) in [5.41, 5.74) is -0.560. The molecule has 5 nitrogen and oxygen atoms in total. The average molecular weight is 320 g/mol. The monoisotopic (exact) mass is 320 g/mol. The first-order chi connectivity index (χ1) is 10.7. The number of carbonyl (C=O) groups is 2. The van der Waals surface area contributed by atoms with Gasteiger partial charge in [-0.25, -0.2) is 0 Å². The van der Waals surface area contributed by atoms with Crippen LogP contribution < -0.4 is 0 Å². The summed E-state index contributed by atoms with van der Waals surface area (Å²) in [5, 5.41) is 9.37. The normalized spacial score (nSPS) is 23.2. The van der Waals surface area contributed by atoms with Crippen LogP contribution in [0, 0.1) is 11.3 Å². The molecule has 0 amide bonds. The maximum absolute atomic E-state index is 12.4. The van der Waals surface area contributed by atoms with Crippen molar-refractivity contribution in [2.45, 2.75) is 46.1 Å². The van der Waals surface area contributed by atoms with E-state index in [-0.39, 0.29) is 24.3 Å². The van der Waals surface area contributed by atoms with Gasteiger partial charge in [0.1, 0.15) is 11.4 Å². The second-order valence-electron chi connectivity index (χ2n) is 7.01. The van der Waals surface area contributed by atoms with Crippen molar-refractivity contribution < 1.29 is 24.2 Å². The number of benzene rings is 1. The van der Waals surface area contributed by atoms with Crippen LogP contribution in [0.5, 0.6) is 5.75 Å². The van der Waals surface area contributed by atoms with Gasteiger partial charge >= 0.3 is 11.9 Å². The lowest BCUT2D eigenvalue weighted by Crippen LogP contribution is -2.30. The fourth-order valence-corrected chi connectivity index (χ4v) is 2.73. The SMILES string of the molecule is CCOC(=O)[C@@]1(Cc2ccc(O)cc2)CC1C(=O)OC(C)(C)C. The number of phenolic OH excluding ortho intramolecular Hbond substituents is 1. The minimum absolute atomic E-state index is 0.165. The van der Waals surface area contributed by atoms with Crippen LogP contribution in [0.3, 0.4) is 0 Å². The van der Waals surface area contributed by atoms with Crippen molar-refractivity contribution in [3.8, 4) is 5.75 Å². The standard InChI is InChI=1S/C18H24O5/c1-5-22-16(21)18(10-12-6-8-13(19)9-7-12)11-14(18)15(20)23-17(2,3)4/h6-9,14,19H,5,10-11H2,1-4H3/t14?,18-/m0/s1. The zero-order chi connectivity index (χ0) is 17.3. The van der Waals surface area contributed by atoms with Gasteiger partial charge in [-0.3, -0.25) is 9.59 Å². The van der Waals surface area contributed by atoms with E-state index in [1.165, 1.54) is 0 Å². The molecule has 0 heterocycles. The fraction of sp³-hybridized carbons (Fsp3) is 0.556. The number of rotatable bonds is 5. The van der Waals surface area contributed by atoms with E-state index < -0.39 is 16.9 Å². The first kappa shape index (κ1) is 17.3.